The number of halogens is 1. The molecular formula is C11H12BrNO. The van der Waals surface area contributed by atoms with Gasteiger partial charge in [0, 0.05) is 5.56 Å². The van der Waals surface area contributed by atoms with Gasteiger partial charge in [-0.05, 0) is 33.5 Å². The fourth-order valence-electron chi connectivity index (χ4n) is 1.24. The lowest BCUT2D eigenvalue weighted by atomic mass is 9.85. The SMILES string of the molecule is CC(C)(C)c1cc(C#N)cc(Br)c1O. The van der Waals surface area contributed by atoms with Crippen LogP contribution in [0.4, 0.5) is 0 Å². The Hall–Kier alpha value is -1.01. The van der Waals surface area contributed by atoms with Crippen LogP contribution in [0.25, 0.3) is 0 Å². The monoisotopic (exact) mass is 253 g/mol. The fraction of sp³-hybridized carbons (Fsp3) is 0.364. The Morgan fingerprint density at radius 1 is 1.36 bits per heavy atom. The molecule has 0 aliphatic carbocycles. The van der Waals surface area contributed by atoms with Gasteiger partial charge in [0.25, 0.3) is 0 Å². The average molecular weight is 254 g/mol. The largest absolute Gasteiger partial charge is 0.506 e. The summed E-state index contributed by atoms with van der Waals surface area (Å²) in [6.07, 6.45) is 0. The highest BCUT2D eigenvalue weighted by Crippen LogP contribution is 2.36. The van der Waals surface area contributed by atoms with Gasteiger partial charge in [-0.25, -0.2) is 0 Å². The van der Waals surface area contributed by atoms with Crippen LogP contribution in [0.2, 0.25) is 0 Å². The Labute approximate surface area is 92.3 Å². The molecule has 0 spiro atoms. The lowest BCUT2D eigenvalue weighted by molar-refractivity contribution is 0.443. The molecule has 0 saturated carbocycles. The summed E-state index contributed by atoms with van der Waals surface area (Å²) in [6.45, 7) is 5.99. The van der Waals surface area contributed by atoms with Gasteiger partial charge < -0.3 is 5.11 Å². The van der Waals surface area contributed by atoms with E-state index in [1.54, 1.807) is 12.1 Å². The molecule has 74 valence electrons. The Kier molecular flexibility index (Phi) is 2.86. The molecule has 0 aliphatic heterocycles. The van der Waals surface area contributed by atoms with E-state index >= 15 is 0 Å². The maximum Gasteiger partial charge on any atom is 0.133 e. The first-order valence-corrected chi connectivity index (χ1v) is 5.08. The van der Waals surface area contributed by atoms with Gasteiger partial charge in [-0.15, -0.1) is 0 Å². The van der Waals surface area contributed by atoms with Crippen molar-refractivity contribution in [3.05, 3.63) is 27.7 Å². The van der Waals surface area contributed by atoms with Gasteiger partial charge in [0.1, 0.15) is 5.75 Å². The van der Waals surface area contributed by atoms with E-state index < -0.39 is 0 Å². The lowest BCUT2D eigenvalue weighted by Gasteiger charge is -2.21. The molecule has 0 atom stereocenters. The summed E-state index contributed by atoms with van der Waals surface area (Å²) in [6, 6.07) is 5.40. The predicted octanol–water partition coefficient (Wildman–Crippen LogP) is 3.32. The van der Waals surface area contributed by atoms with Crippen LogP contribution in [-0.4, -0.2) is 5.11 Å². The minimum absolute atomic E-state index is 0.167. The van der Waals surface area contributed by atoms with E-state index in [9.17, 15) is 5.11 Å². The first-order chi connectivity index (χ1) is 6.36. The average Bonchev–Trinajstić information content (AvgIpc) is 2.07. The second kappa shape index (κ2) is 3.62. The van der Waals surface area contributed by atoms with E-state index in [2.05, 4.69) is 22.0 Å². The molecule has 0 unspecified atom stereocenters. The predicted molar refractivity (Wildman–Crippen MR) is 59.2 cm³/mol. The quantitative estimate of drug-likeness (QED) is 0.771. The van der Waals surface area contributed by atoms with E-state index in [1.807, 2.05) is 20.8 Å². The van der Waals surface area contributed by atoms with Crippen LogP contribution in [0.5, 0.6) is 5.75 Å². The van der Waals surface area contributed by atoms with Crippen LogP contribution in [0, 0.1) is 11.3 Å². The van der Waals surface area contributed by atoms with Crippen molar-refractivity contribution in [2.75, 3.05) is 0 Å². The molecule has 0 aliphatic rings. The maximum absolute atomic E-state index is 9.80. The Bertz CT molecular complexity index is 399. The van der Waals surface area contributed by atoms with Gasteiger partial charge >= 0.3 is 0 Å². The number of nitriles is 1. The van der Waals surface area contributed by atoms with Gasteiger partial charge in [0.05, 0.1) is 16.1 Å². The third-order valence-electron chi connectivity index (χ3n) is 2.00. The summed E-state index contributed by atoms with van der Waals surface area (Å²) in [5.74, 6) is 0.219. The summed E-state index contributed by atoms with van der Waals surface area (Å²) in [5, 5.41) is 18.6. The number of phenols is 1. The summed E-state index contributed by atoms with van der Waals surface area (Å²) in [4.78, 5) is 0. The summed E-state index contributed by atoms with van der Waals surface area (Å²) in [7, 11) is 0. The van der Waals surface area contributed by atoms with E-state index in [4.69, 9.17) is 5.26 Å². The van der Waals surface area contributed by atoms with Crippen LogP contribution in [0.1, 0.15) is 31.9 Å². The zero-order valence-electron chi connectivity index (χ0n) is 8.43. The molecule has 0 bridgehead atoms. The standard InChI is InChI=1S/C11H12BrNO/c1-11(2,3)8-4-7(6-13)5-9(12)10(8)14/h4-5,14H,1-3H3. The molecule has 3 heteroatoms. The highest BCUT2D eigenvalue weighted by Gasteiger charge is 2.20. The molecule has 0 radical (unpaired) electrons. The van der Waals surface area contributed by atoms with E-state index in [1.165, 1.54) is 0 Å². The highest BCUT2D eigenvalue weighted by molar-refractivity contribution is 9.10. The molecule has 1 N–H and O–H groups in total. The van der Waals surface area contributed by atoms with Crippen molar-refractivity contribution in [3.8, 4) is 11.8 Å². The summed E-state index contributed by atoms with van der Waals surface area (Å²) in [5.41, 5.74) is 1.17. The first kappa shape index (κ1) is 11.1. The normalized spacial score (nSPS) is 11.1. The van der Waals surface area contributed by atoms with Crippen LogP contribution in [-0.2, 0) is 5.41 Å². The van der Waals surface area contributed by atoms with Gasteiger partial charge in [-0.3, -0.25) is 0 Å². The molecule has 0 fully saturated rings. The van der Waals surface area contributed by atoms with Crippen molar-refractivity contribution in [2.45, 2.75) is 26.2 Å². The molecular weight excluding hydrogens is 242 g/mol. The maximum atomic E-state index is 9.80. The van der Waals surface area contributed by atoms with Gasteiger partial charge in [0.2, 0.25) is 0 Å². The van der Waals surface area contributed by atoms with Crippen molar-refractivity contribution in [1.29, 1.82) is 5.26 Å². The van der Waals surface area contributed by atoms with Crippen LogP contribution >= 0.6 is 15.9 Å². The van der Waals surface area contributed by atoms with Crippen LogP contribution < -0.4 is 0 Å². The Balaban J connectivity index is 3.44. The molecule has 14 heavy (non-hydrogen) atoms. The van der Waals surface area contributed by atoms with Crippen LogP contribution in [0.3, 0.4) is 0 Å². The van der Waals surface area contributed by atoms with Crippen molar-refractivity contribution in [1.82, 2.24) is 0 Å². The molecule has 0 saturated heterocycles. The number of nitrogens with zero attached hydrogens (tertiary/aromatic N) is 1. The van der Waals surface area contributed by atoms with Gasteiger partial charge in [0.15, 0.2) is 0 Å². The number of phenolic OH excluding ortho intramolecular Hbond substituents is 1. The Morgan fingerprint density at radius 2 is 1.93 bits per heavy atom. The lowest BCUT2D eigenvalue weighted by Crippen LogP contribution is -2.11. The number of aromatic hydroxyl groups is 1. The highest BCUT2D eigenvalue weighted by atomic mass is 79.9. The molecule has 2 nitrogen and oxygen atoms in total. The minimum atomic E-state index is -0.167. The van der Waals surface area contributed by atoms with E-state index in [0.717, 1.165) is 5.56 Å². The molecule has 0 aromatic heterocycles. The molecule has 1 rings (SSSR count). The fourth-order valence-corrected chi connectivity index (χ4v) is 1.70. The number of hydrogen-bond donors (Lipinski definition) is 1. The number of rotatable bonds is 0. The second-order valence-corrected chi connectivity index (χ2v) is 5.07. The molecule has 0 heterocycles. The Morgan fingerprint density at radius 3 is 2.36 bits per heavy atom. The first-order valence-electron chi connectivity index (χ1n) is 4.29. The van der Waals surface area contributed by atoms with Gasteiger partial charge in [-0.1, -0.05) is 20.8 Å². The van der Waals surface area contributed by atoms with Crippen molar-refractivity contribution in [2.24, 2.45) is 0 Å². The number of benzene rings is 1. The molecule has 1 aromatic carbocycles. The third-order valence-corrected chi connectivity index (χ3v) is 2.61. The second-order valence-electron chi connectivity index (χ2n) is 4.22. The van der Waals surface area contributed by atoms with Crippen LogP contribution in [0.15, 0.2) is 16.6 Å². The smallest absolute Gasteiger partial charge is 0.133 e. The third kappa shape index (κ3) is 2.08. The summed E-state index contributed by atoms with van der Waals surface area (Å²) >= 11 is 3.23. The van der Waals surface area contributed by atoms with E-state index in [-0.39, 0.29) is 11.2 Å². The number of hydrogen-bond acceptors (Lipinski definition) is 2. The molecule has 1 aromatic rings. The zero-order valence-corrected chi connectivity index (χ0v) is 10.0. The zero-order chi connectivity index (χ0) is 10.9. The van der Waals surface area contributed by atoms with E-state index in [0.29, 0.717) is 10.0 Å². The topological polar surface area (TPSA) is 44.0 Å². The molecule has 0 amide bonds. The minimum Gasteiger partial charge on any atom is -0.506 e. The summed E-state index contributed by atoms with van der Waals surface area (Å²) < 4.78 is 0.571. The van der Waals surface area contributed by atoms with Crippen molar-refractivity contribution >= 4 is 15.9 Å². The van der Waals surface area contributed by atoms with Crippen molar-refractivity contribution in [3.63, 3.8) is 0 Å². The van der Waals surface area contributed by atoms with Crippen molar-refractivity contribution < 1.29 is 5.11 Å². The van der Waals surface area contributed by atoms with Gasteiger partial charge in [-0.2, -0.15) is 5.26 Å².